The first-order valence-corrected chi connectivity index (χ1v) is 7.03. The molecule has 0 radical (unpaired) electrons. The quantitative estimate of drug-likeness (QED) is 0.658. The second-order valence-corrected chi connectivity index (χ2v) is 5.31. The molecule has 1 heterocycles. The molecule has 0 atom stereocenters. The van der Waals surface area contributed by atoms with Crippen LogP contribution in [0.1, 0.15) is 11.3 Å². The number of nitrogens with one attached hydrogen (secondary N) is 1. The standard InChI is InChI=1S/C14H13Cl2N3O2/c1-9-13(19(20)21)4-5-14(18-9)17-7-6-10-2-3-11(15)8-12(10)16/h2-5,8H,6-7H2,1H3,(H,17,18). The summed E-state index contributed by atoms with van der Waals surface area (Å²) in [7, 11) is 0. The number of hydrogen-bond donors (Lipinski definition) is 1. The lowest BCUT2D eigenvalue weighted by Gasteiger charge is -2.08. The number of anilines is 1. The van der Waals surface area contributed by atoms with Crippen LogP contribution < -0.4 is 5.32 Å². The van der Waals surface area contributed by atoms with Crippen LogP contribution in [0.4, 0.5) is 11.5 Å². The van der Waals surface area contributed by atoms with Crippen molar-refractivity contribution in [3.8, 4) is 0 Å². The van der Waals surface area contributed by atoms with E-state index in [0.717, 1.165) is 5.56 Å². The van der Waals surface area contributed by atoms with Gasteiger partial charge in [-0.15, -0.1) is 0 Å². The minimum atomic E-state index is -0.445. The highest BCUT2D eigenvalue weighted by atomic mass is 35.5. The molecule has 1 N–H and O–H groups in total. The maximum absolute atomic E-state index is 10.7. The zero-order chi connectivity index (χ0) is 15.4. The number of nitrogens with zero attached hydrogens (tertiary/aromatic N) is 2. The predicted octanol–water partition coefficient (Wildman–Crippen LogP) is 4.26. The molecular formula is C14H13Cl2N3O2. The average Bonchev–Trinajstić information content (AvgIpc) is 2.41. The molecule has 1 aromatic carbocycles. The van der Waals surface area contributed by atoms with Gasteiger partial charge in [0.2, 0.25) is 0 Å². The molecule has 2 rings (SSSR count). The van der Waals surface area contributed by atoms with Crippen molar-refractivity contribution in [2.75, 3.05) is 11.9 Å². The van der Waals surface area contributed by atoms with E-state index < -0.39 is 4.92 Å². The first kappa shape index (κ1) is 15.5. The molecule has 5 nitrogen and oxygen atoms in total. The summed E-state index contributed by atoms with van der Waals surface area (Å²) in [5.74, 6) is 0.600. The number of pyridine rings is 1. The van der Waals surface area contributed by atoms with Gasteiger partial charge in [0.25, 0.3) is 5.69 Å². The lowest BCUT2D eigenvalue weighted by Crippen LogP contribution is -2.07. The SMILES string of the molecule is Cc1nc(NCCc2ccc(Cl)cc2Cl)ccc1[N+](=O)[O-]. The first-order chi connectivity index (χ1) is 9.97. The summed E-state index contributed by atoms with van der Waals surface area (Å²) < 4.78 is 0. The van der Waals surface area contributed by atoms with Gasteiger partial charge in [0.05, 0.1) is 4.92 Å². The number of halogens is 2. The summed E-state index contributed by atoms with van der Waals surface area (Å²) in [6, 6.07) is 8.40. The van der Waals surface area contributed by atoms with E-state index in [2.05, 4.69) is 10.3 Å². The van der Waals surface area contributed by atoms with Crippen molar-refractivity contribution < 1.29 is 4.92 Å². The number of hydrogen-bond acceptors (Lipinski definition) is 4. The fourth-order valence-electron chi connectivity index (χ4n) is 1.89. The Hall–Kier alpha value is -1.85. The highest BCUT2D eigenvalue weighted by Gasteiger charge is 2.11. The maximum Gasteiger partial charge on any atom is 0.290 e. The average molecular weight is 326 g/mol. The lowest BCUT2D eigenvalue weighted by molar-refractivity contribution is -0.385. The molecule has 7 heteroatoms. The third kappa shape index (κ3) is 4.06. The van der Waals surface area contributed by atoms with E-state index in [-0.39, 0.29) is 5.69 Å². The van der Waals surface area contributed by atoms with Crippen molar-refractivity contribution in [2.45, 2.75) is 13.3 Å². The van der Waals surface area contributed by atoms with Gasteiger partial charge in [-0.05, 0) is 37.1 Å². The fraction of sp³-hybridized carbons (Fsp3) is 0.214. The van der Waals surface area contributed by atoms with Crippen molar-refractivity contribution in [1.29, 1.82) is 0 Å². The van der Waals surface area contributed by atoms with Gasteiger partial charge in [0.15, 0.2) is 0 Å². The molecule has 2 aromatic rings. The van der Waals surface area contributed by atoms with Crippen LogP contribution in [-0.2, 0) is 6.42 Å². The van der Waals surface area contributed by atoms with Crippen molar-refractivity contribution in [2.24, 2.45) is 0 Å². The number of nitro groups is 1. The van der Waals surface area contributed by atoms with E-state index >= 15 is 0 Å². The zero-order valence-electron chi connectivity index (χ0n) is 11.3. The Balaban J connectivity index is 1.97. The number of aromatic nitrogens is 1. The highest BCUT2D eigenvalue weighted by Crippen LogP contribution is 2.22. The molecule has 110 valence electrons. The van der Waals surface area contributed by atoms with E-state index in [1.54, 1.807) is 25.1 Å². The molecule has 0 spiro atoms. The van der Waals surface area contributed by atoms with Gasteiger partial charge in [0, 0.05) is 22.7 Å². The van der Waals surface area contributed by atoms with E-state index in [0.29, 0.717) is 34.5 Å². The Kier molecular flexibility index (Phi) is 4.98. The second-order valence-electron chi connectivity index (χ2n) is 4.47. The van der Waals surface area contributed by atoms with Crippen LogP contribution in [0.5, 0.6) is 0 Å². The van der Waals surface area contributed by atoms with Crippen LogP contribution in [0.25, 0.3) is 0 Å². The molecule has 0 bridgehead atoms. The Morgan fingerprint density at radius 2 is 2.05 bits per heavy atom. The molecule has 0 unspecified atom stereocenters. The van der Waals surface area contributed by atoms with E-state index in [1.807, 2.05) is 6.07 Å². The summed E-state index contributed by atoms with van der Waals surface area (Å²) in [6.45, 7) is 2.23. The minimum Gasteiger partial charge on any atom is -0.370 e. The van der Waals surface area contributed by atoms with Gasteiger partial charge in [-0.1, -0.05) is 29.3 Å². The normalized spacial score (nSPS) is 10.4. The molecule has 1 aromatic heterocycles. The summed E-state index contributed by atoms with van der Waals surface area (Å²) in [4.78, 5) is 14.4. The lowest BCUT2D eigenvalue weighted by atomic mass is 10.1. The van der Waals surface area contributed by atoms with Crippen LogP contribution >= 0.6 is 23.2 Å². The third-order valence-electron chi connectivity index (χ3n) is 2.97. The Labute approximate surface area is 132 Å². The van der Waals surface area contributed by atoms with Gasteiger partial charge in [-0.3, -0.25) is 10.1 Å². The number of aryl methyl sites for hydroxylation is 1. The van der Waals surface area contributed by atoms with Crippen LogP contribution in [0.15, 0.2) is 30.3 Å². The van der Waals surface area contributed by atoms with Gasteiger partial charge in [-0.2, -0.15) is 0 Å². The van der Waals surface area contributed by atoms with Gasteiger partial charge in [-0.25, -0.2) is 4.98 Å². The number of rotatable bonds is 5. The van der Waals surface area contributed by atoms with Crippen LogP contribution in [-0.4, -0.2) is 16.5 Å². The van der Waals surface area contributed by atoms with Gasteiger partial charge in [0.1, 0.15) is 11.5 Å². The summed E-state index contributed by atoms with van der Waals surface area (Å²) in [5.41, 5.74) is 1.38. The summed E-state index contributed by atoms with van der Waals surface area (Å²) in [5, 5.41) is 15.1. The monoisotopic (exact) mass is 325 g/mol. The molecule has 0 aliphatic carbocycles. The smallest absolute Gasteiger partial charge is 0.290 e. The summed E-state index contributed by atoms with van der Waals surface area (Å²) >= 11 is 11.9. The molecule has 0 saturated heterocycles. The van der Waals surface area contributed by atoms with Crippen LogP contribution in [0.2, 0.25) is 10.0 Å². The Morgan fingerprint density at radius 3 is 2.67 bits per heavy atom. The minimum absolute atomic E-state index is 0.0151. The topological polar surface area (TPSA) is 68.1 Å². The third-order valence-corrected chi connectivity index (χ3v) is 3.56. The molecule has 0 amide bonds. The molecule has 21 heavy (non-hydrogen) atoms. The van der Waals surface area contributed by atoms with Crippen LogP contribution in [0.3, 0.4) is 0 Å². The van der Waals surface area contributed by atoms with Gasteiger partial charge < -0.3 is 5.32 Å². The van der Waals surface area contributed by atoms with Crippen molar-refractivity contribution in [3.63, 3.8) is 0 Å². The maximum atomic E-state index is 10.7. The molecular weight excluding hydrogens is 313 g/mol. The second kappa shape index (κ2) is 6.74. The highest BCUT2D eigenvalue weighted by molar-refractivity contribution is 6.35. The largest absolute Gasteiger partial charge is 0.370 e. The molecule has 0 fully saturated rings. The molecule has 0 saturated carbocycles. The van der Waals surface area contributed by atoms with Crippen molar-refractivity contribution in [3.05, 3.63) is 61.7 Å². The summed E-state index contributed by atoms with van der Waals surface area (Å²) in [6.07, 6.45) is 0.702. The number of benzene rings is 1. The Bertz CT molecular complexity index is 677. The van der Waals surface area contributed by atoms with E-state index in [1.165, 1.54) is 6.07 Å². The Morgan fingerprint density at radius 1 is 1.29 bits per heavy atom. The van der Waals surface area contributed by atoms with E-state index in [4.69, 9.17) is 23.2 Å². The van der Waals surface area contributed by atoms with Gasteiger partial charge >= 0.3 is 0 Å². The van der Waals surface area contributed by atoms with E-state index in [9.17, 15) is 10.1 Å². The predicted molar refractivity (Wildman–Crippen MR) is 84.3 cm³/mol. The molecule has 0 aliphatic heterocycles. The first-order valence-electron chi connectivity index (χ1n) is 6.27. The van der Waals surface area contributed by atoms with Crippen LogP contribution in [0, 0.1) is 17.0 Å². The molecule has 0 aliphatic rings. The fourth-order valence-corrected chi connectivity index (χ4v) is 2.40. The van der Waals surface area contributed by atoms with Crippen molar-refractivity contribution >= 4 is 34.7 Å². The zero-order valence-corrected chi connectivity index (χ0v) is 12.8. The van der Waals surface area contributed by atoms with Crippen molar-refractivity contribution in [1.82, 2.24) is 4.98 Å².